The smallest absolute Gasteiger partial charge is 0.237 e. The van der Waals surface area contributed by atoms with Gasteiger partial charge in [0.1, 0.15) is 5.78 Å². The van der Waals surface area contributed by atoms with Gasteiger partial charge in [-0.05, 0) is 40.4 Å². The highest BCUT2D eigenvalue weighted by Crippen LogP contribution is 2.16. The summed E-state index contributed by atoms with van der Waals surface area (Å²) < 4.78 is 0. The molecule has 0 aromatic rings. The zero-order valence-electron chi connectivity index (χ0n) is 14.6. The quantitative estimate of drug-likeness (QED) is 0.420. The average Bonchev–Trinajstić information content (AvgIpc) is 2.93. The highest BCUT2D eigenvalue weighted by Gasteiger charge is 2.30. The van der Waals surface area contributed by atoms with Crippen LogP contribution in [0.4, 0.5) is 0 Å². The second-order valence-electron chi connectivity index (χ2n) is 6.34. The van der Waals surface area contributed by atoms with E-state index in [1.54, 1.807) is 0 Å². The van der Waals surface area contributed by atoms with E-state index in [1.807, 2.05) is 14.1 Å². The number of likely N-dealkylation sites (tertiary alicyclic amines) is 1. The average molecular weight is 334 g/mol. The van der Waals surface area contributed by atoms with Crippen molar-refractivity contribution in [3.8, 4) is 0 Å². The topological polar surface area (TPSA) is 81.8 Å². The van der Waals surface area contributed by atoms with E-state index >= 15 is 0 Å². The molecule has 132 valence electrons. The molecular formula is C16H30N4O3. The van der Waals surface area contributed by atoms with Gasteiger partial charge in [-0.25, -0.2) is 0 Å². The van der Waals surface area contributed by atoms with Gasteiger partial charge in [0.2, 0.25) is 11.8 Å². The second kappa shape index (κ2) is 10.3. The summed E-state index contributed by atoms with van der Waals surface area (Å²) in [5, 5.41) is 5.52. The van der Waals surface area contributed by atoms with Crippen LogP contribution < -0.4 is 10.6 Å². The van der Waals surface area contributed by atoms with E-state index < -0.39 is 0 Å². The maximum atomic E-state index is 12.2. The van der Waals surface area contributed by atoms with Crippen LogP contribution in [0.3, 0.4) is 0 Å². The summed E-state index contributed by atoms with van der Waals surface area (Å²) in [5.41, 5.74) is 0. The first kappa shape index (κ1) is 19.6. The van der Waals surface area contributed by atoms with Crippen molar-refractivity contribution < 1.29 is 14.4 Å². The summed E-state index contributed by atoms with van der Waals surface area (Å²) in [6, 6.07) is -0.0734. The van der Waals surface area contributed by atoms with Crippen LogP contribution in [0.25, 0.3) is 0 Å². The molecule has 0 aromatic heterocycles. The van der Waals surface area contributed by atoms with E-state index in [0.29, 0.717) is 19.5 Å². The maximum Gasteiger partial charge on any atom is 0.237 e. The predicted octanol–water partition coefficient (Wildman–Crippen LogP) is -0.386. The Morgan fingerprint density at radius 1 is 1.13 bits per heavy atom. The molecule has 1 saturated heterocycles. The third-order valence-corrected chi connectivity index (χ3v) is 3.95. The Kier molecular flexibility index (Phi) is 8.79. The van der Waals surface area contributed by atoms with Crippen molar-refractivity contribution in [3.05, 3.63) is 0 Å². The Hall–Kier alpha value is -1.47. The number of carbonyl (C=O) groups excluding carboxylic acids is 3. The molecule has 23 heavy (non-hydrogen) atoms. The molecule has 2 N–H and O–H groups in total. The Bertz CT molecular complexity index is 412. The van der Waals surface area contributed by atoms with E-state index in [-0.39, 0.29) is 30.1 Å². The molecule has 1 fully saturated rings. The van der Waals surface area contributed by atoms with Crippen molar-refractivity contribution in [3.63, 3.8) is 0 Å². The number of nitrogens with zero attached hydrogens (tertiary/aromatic N) is 2. The first-order valence-electron chi connectivity index (χ1n) is 8.32. The highest BCUT2D eigenvalue weighted by atomic mass is 16.3. The normalized spacial score (nSPS) is 18.2. The van der Waals surface area contributed by atoms with Gasteiger partial charge in [-0.2, -0.15) is 0 Å². The summed E-state index contributed by atoms with van der Waals surface area (Å²) in [4.78, 5) is 38.9. The van der Waals surface area contributed by atoms with Crippen molar-refractivity contribution in [2.24, 2.45) is 0 Å². The first-order valence-corrected chi connectivity index (χ1v) is 8.32. The van der Waals surface area contributed by atoms with Crippen LogP contribution in [0.2, 0.25) is 0 Å². The highest BCUT2D eigenvalue weighted by molar-refractivity contribution is 5.83. The predicted molar refractivity (Wildman–Crippen MR) is 89.1 cm³/mol. The molecule has 0 aromatic carbocycles. The minimum absolute atomic E-state index is 0.0118. The molecule has 0 saturated carbocycles. The number of amides is 2. The van der Waals surface area contributed by atoms with Crippen molar-refractivity contribution in [2.75, 3.05) is 46.8 Å². The zero-order chi connectivity index (χ0) is 17.2. The fourth-order valence-electron chi connectivity index (χ4n) is 2.60. The number of hydrogen-bond acceptors (Lipinski definition) is 5. The lowest BCUT2D eigenvalue weighted by Gasteiger charge is -2.25. The van der Waals surface area contributed by atoms with Gasteiger partial charge < -0.3 is 15.5 Å². The van der Waals surface area contributed by atoms with Crippen LogP contribution in [0.5, 0.6) is 0 Å². The Labute approximate surface area is 138 Å². The van der Waals surface area contributed by atoms with Crippen molar-refractivity contribution in [2.45, 2.75) is 38.6 Å². The number of rotatable bonds is 10. The number of carbonyl (C=O) groups is 3. The molecule has 1 rings (SSSR count). The van der Waals surface area contributed by atoms with Gasteiger partial charge in [-0.3, -0.25) is 19.3 Å². The van der Waals surface area contributed by atoms with Gasteiger partial charge in [0.05, 0.1) is 6.04 Å². The van der Waals surface area contributed by atoms with E-state index in [1.165, 1.54) is 6.92 Å². The molecule has 7 heteroatoms. The largest absolute Gasteiger partial charge is 0.356 e. The maximum absolute atomic E-state index is 12.2. The fourth-order valence-corrected chi connectivity index (χ4v) is 2.60. The van der Waals surface area contributed by atoms with Gasteiger partial charge in [-0.15, -0.1) is 0 Å². The lowest BCUT2D eigenvalue weighted by molar-refractivity contribution is -0.125. The lowest BCUT2D eigenvalue weighted by Crippen LogP contribution is -2.46. The molecule has 0 aliphatic carbocycles. The van der Waals surface area contributed by atoms with E-state index in [0.717, 1.165) is 32.5 Å². The number of likely N-dealkylation sites (N-methyl/N-ethyl adjacent to an activating group) is 1. The van der Waals surface area contributed by atoms with Gasteiger partial charge >= 0.3 is 0 Å². The number of Topliss-reactive ketones (excluding diaryl/α,β-unsaturated/α-hetero) is 1. The summed E-state index contributed by atoms with van der Waals surface area (Å²) in [7, 11) is 4.05. The molecule has 1 heterocycles. The molecular weight excluding hydrogens is 304 g/mol. The van der Waals surface area contributed by atoms with Gasteiger partial charge in [-0.1, -0.05) is 0 Å². The monoisotopic (exact) mass is 334 g/mol. The number of nitrogens with one attached hydrogen (secondary N) is 2. The summed E-state index contributed by atoms with van der Waals surface area (Å²) in [5.74, 6) is -0.0714. The molecule has 1 unspecified atom stereocenters. The lowest BCUT2D eigenvalue weighted by atomic mass is 10.4. The molecule has 1 aliphatic rings. The van der Waals surface area contributed by atoms with Crippen LogP contribution in [0, 0.1) is 0 Å². The molecule has 0 radical (unpaired) electrons. The Morgan fingerprint density at radius 2 is 1.83 bits per heavy atom. The van der Waals surface area contributed by atoms with Gasteiger partial charge in [0.25, 0.3) is 0 Å². The van der Waals surface area contributed by atoms with Gasteiger partial charge in [0, 0.05) is 39.0 Å². The SMILES string of the molecule is C[13C](=O)CC[15NH]C(=O)CC[15NH][13C](=O)[13CH]1[13CH2][13CH2][13CH2]N1CCN(C)C. The molecule has 2 amide bonds. The number of hydrogen-bond donors (Lipinski definition) is 2. The summed E-state index contributed by atoms with van der Waals surface area (Å²) >= 11 is 0. The van der Waals surface area contributed by atoms with Crippen molar-refractivity contribution in [1.29, 1.82) is 0 Å². The van der Waals surface area contributed by atoms with Gasteiger partial charge in [0.15, 0.2) is 0 Å². The van der Waals surface area contributed by atoms with E-state index in [4.69, 9.17) is 0 Å². The third kappa shape index (κ3) is 8.08. The fraction of sp³-hybridized carbons (Fsp3) is 0.812. The standard InChI is InChI=1S/C16H30N4O3/c1-13(21)6-8-17-15(22)7-9-18-16(23)14-5-4-10-20(14)12-11-19(2)3/h14H,4-12H2,1-3H3,(H,17,22)(H,18,23)/i4+1,5+1,10+1,13+1,14+1,16+1,17+1,18+1. The summed E-state index contributed by atoms with van der Waals surface area (Å²) in [6.07, 6.45) is 2.51. The zero-order valence-corrected chi connectivity index (χ0v) is 14.6. The molecule has 7 nitrogen and oxygen atoms in total. The minimum atomic E-state index is -0.137. The minimum Gasteiger partial charge on any atom is -0.356 e. The van der Waals surface area contributed by atoms with E-state index in [9.17, 15) is 14.4 Å². The van der Waals surface area contributed by atoms with Crippen LogP contribution in [0.1, 0.15) is 32.6 Å². The van der Waals surface area contributed by atoms with Crippen molar-refractivity contribution in [1.82, 2.24) is 20.4 Å². The first-order chi connectivity index (χ1) is 10.9. The molecule has 0 spiro atoms. The Morgan fingerprint density at radius 3 is 2.48 bits per heavy atom. The second-order valence-corrected chi connectivity index (χ2v) is 6.34. The molecule has 1 aliphatic heterocycles. The van der Waals surface area contributed by atoms with Crippen LogP contribution in [0.15, 0.2) is 0 Å². The third-order valence-electron chi connectivity index (χ3n) is 3.95. The van der Waals surface area contributed by atoms with Crippen molar-refractivity contribution >= 4 is 17.6 Å². The van der Waals surface area contributed by atoms with E-state index in [2.05, 4.69) is 20.4 Å². The number of ketones is 1. The summed E-state index contributed by atoms with van der Waals surface area (Å²) in [6.45, 7) is 4.97. The van der Waals surface area contributed by atoms with Crippen LogP contribution >= 0.6 is 0 Å². The van der Waals surface area contributed by atoms with Crippen LogP contribution in [-0.2, 0) is 14.4 Å². The Balaban J connectivity index is 2.22. The molecule has 0 bridgehead atoms. The van der Waals surface area contributed by atoms with Crippen LogP contribution in [-0.4, -0.2) is 80.3 Å². The molecule has 1 atom stereocenters.